The van der Waals surface area contributed by atoms with Gasteiger partial charge < -0.3 is 4.42 Å². The largest absolute Gasteiger partial charge is 0.451 e. The van der Waals surface area contributed by atoms with Crippen molar-refractivity contribution in [1.29, 1.82) is 0 Å². The predicted octanol–water partition coefficient (Wildman–Crippen LogP) is 2.93. The number of fused-ring (bicyclic) bond motifs is 1. The highest BCUT2D eigenvalue weighted by Gasteiger charge is 2.14. The molecule has 0 radical (unpaired) electrons. The minimum absolute atomic E-state index is 0.0535. The van der Waals surface area contributed by atoms with E-state index in [1.54, 1.807) is 12.1 Å². The van der Waals surface area contributed by atoms with Crippen LogP contribution in [0.1, 0.15) is 16.1 Å². The molecular formula is C14H11N3O3S2. The molecule has 2 heterocycles. The molecular weight excluding hydrogens is 322 g/mol. The first-order valence-electron chi connectivity index (χ1n) is 6.30. The lowest BCUT2D eigenvalue weighted by molar-refractivity contribution is 0.0997. The normalized spacial score (nSPS) is 10.8. The number of amides is 1. The summed E-state index contributed by atoms with van der Waals surface area (Å²) < 4.78 is 9.55. The Morgan fingerprint density at radius 2 is 2.18 bits per heavy atom. The van der Waals surface area contributed by atoms with Crippen LogP contribution in [-0.2, 0) is 0 Å². The van der Waals surface area contributed by atoms with Crippen molar-refractivity contribution < 1.29 is 9.21 Å². The van der Waals surface area contributed by atoms with Gasteiger partial charge in [-0.2, -0.15) is 9.36 Å². The maximum absolute atomic E-state index is 12.2. The first-order valence-corrected chi connectivity index (χ1v) is 8.30. The number of hydrogen-bond acceptors (Lipinski definition) is 7. The van der Waals surface area contributed by atoms with Gasteiger partial charge in [0, 0.05) is 17.6 Å². The highest BCUT2D eigenvalue weighted by molar-refractivity contribution is 7.98. The van der Waals surface area contributed by atoms with Crippen molar-refractivity contribution in [3.8, 4) is 0 Å². The zero-order chi connectivity index (χ0) is 15.7. The van der Waals surface area contributed by atoms with Gasteiger partial charge in [-0.1, -0.05) is 23.4 Å². The van der Waals surface area contributed by atoms with Crippen LogP contribution in [0, 0.1) is 6.92 Å². The Bertz CT molecular complexity index is 917. The Morgan fingerprint density at radius 3 is 2.91 bits per heavy atom. The topological polar surface area (TPSA) is 85.1 Å². The van der Waals surface area contributed by atoms with Gasteiger partial charge in [0.15, 0.2) is 11.2 Å². The zero-order valence-electron chi connectivity index (χ0n) is 11.7. The summed E-state index contributed by atoms with van der Waals surface area (Å²) in [4.78, 5) is 28.4. The fraction of sp³-hybridized carbons (Fsp3) is 0.143. The Kier molecular flexibility index (Phi) is 3.95. The molecule has 8 heteroatoms. The second-order valence-electron chi connectivity index (χ2n) is 4.51. The number of nitrogens with zero attached hydrogens (tertiary/aromatic N) is 2. The molecule has 0 bridgehead atoms. The van der Waals surface area contributed by atoms with Crippen molar-refractivity contribution >= 4 is 45.3 Å². The molecule has 0 aliphatic carbocycles. The van der Waals surface area contributed by atoms with E-state index >= 15 is 0 Å². The predicted molar refractivity (Wildman–Crippen MR) is 86.9 cm³/mol. The maximum Gasteiger partial charge on any atom is 0.293 e. The molecule has 1 N–H and O–H groups in total. The van der Waals surface area contributed by atoms with Crippen LogP contribution in [0.4, 0.5) is 5.13 Å². The van der Waals surface area contributed by atoms with E-state index in [-0.39, 0.29) is 11.2 Å². The molecule has 0 unspecified atom stereocenters. The van der Waals surface area contributed by atoms with Crippen LogP contribution in [0.15, 0.2) is 38.6 Å². The molecule has 3 aromatic rings. The Balaban J connectivity index is 1.94. The Hall–Kier alpha value is -2.19. The summed E-state index contributed by atoms with van der Waals surface area (Å²) in [6, 6.07) is 6.42. The molecule has 22 heavy (non-hydrogen) atoms. The van der Waals surface area contributed by atoms with E-state index in [9.17, 15) is 9.59 Å². The third-order valence-corrected chi connectivity index (χ3v) is 4.21. The van der Waals surface area contributed by atoms with E-state index in [1.807, 2.05) is 19.2 Å². The first-order chi connectivity index (χ1) is 10.6. The number of rotatable bonds is 3. The van der Waals surface area contributed by atoms with Crippen molar-refractivity contribution in [2.75, 3.05) is 11.6 Å². The van der Waals surface area contributed by atoms with Crippen molar-refractivity contribution in [3.05, 3.63) is 45.8 Å². The number of thioether (sulfide) groups is 1. The number of carbonyl (C=O) groups excluding carboxylic acids is 1. The van der Waals surface area contributed by atoms with E-state index < -0.39 is 5.91 Å². The molecule has 2 aromatic heterocycles. The minimum atomic E-state index is -0.525. The van der Waals surface area contributed by atoms with Crippen molar-refractivity contribution in [2.24, 2.45) is 0 Å². The number of anilines is 1. The summed E-state index contributed by atoms with van der Waals surface area (Å²) in [6.45, 7) is 1.89. The molecule has 0 aliphatic heterocycles. The lowest BCUT2D eigenvalue weighted by Gasteiger charge is -2.03. The number of aromatic nitrogens is 2. The van der Waals surface area contributed by atoms with Gasteiger partial charge in [-0.3, -0.25) is 14.9 Å². The summed E-state index contributed by atoms with van der Waals surface area (Å²) in [7, 11) is 0. The molecule has 0 saturated carbocycles. The van der Waals surface area contributed by atoms with Crippen LogP contribution >= 0.6 is 23.3 Å². The fourth-order valence-corrected chi connectivity index (χ4v) is 3.01. The van der Waals surface area contributed by atoms with E-state index in [1.165, 1.54) is 17.8 Å². The van der Waals surface area contributed by atoms with E-state index in [2.05, 4.69) is 14.7 Å². The maximum atomic E-state index is 12.2. The van der Waals surface area contributed by atoms with Gasteiger partial charge in [-0.05, 0) is 25.3 Å². The number of carbonyl (C=O) groups is 1. The smallest absolute Gasteiger partial charge is 0.293 e. The molecule has 3 rings (SSSR count). The lowest BCUT2D eigenvalue weighted by atomic mass is 10.1. The summed E-state index contributed by atoms with van der Waals surface area (Å²) in [5, 5.41) is 3.97. The second kappa shape index (κ2) is 5.90. The molecule has 0 saturated heterocycles. The third kappa shape index (κ3) is 2.88. The molecule has 0 atom stereocenters. The number of benzene rings is 1. The molecule has 112 valence electrons. The minimum Gasteiger partial charge on any atom is -0.451 e. The summed E-state index contributed by atoms with van der Waals surface area (Å²) in [6.07, 6.45) is 1.85. The lowest BCUT2D eigenvalue weighted by Crippen LogP contribution is -2.14. The van der Waals surface area contributed by atoms with Crippen LogP contribution in [0.5, 0.6) is 0 Å². The van der Waals surface area contributed by atoms with E-state index in [0.29, 0.717) is 21.3 Å². The van der Waals surface area contributed by atoms with Crippen LogP contribution < -0.4 is 10.7 Å². The van der Waals surface area contributed by atoms with Crippen LogP contribution in [-0.4, -0.2) is 21.5 Å². The molecule has 0 fully saturated rings. The molecule has 0 aliphatic rings. The molecule has 0 spiro atoms. The molecule has 1 amide bonds. The summed E-state index contributed by atoms with van der Waals surface area (Å²) in [5.74, 6) is -0.578. The summed E-state index contributed by atoms with van der Waals surface area (Å²) >= 11 is 2.45. The van der Waals surface area contributed by atoms with Crippen LogP contribution in [0.3, 0.4) is 0 Å². The van der Waals surface area contributed by atoms with Gasteiger partial charge in [0.1, 0.15) is 5.58 Å². The molecule has 1 aromatic carbocycles. The van der Waals surface area contributed by atoms with E-state index in [4.69, 9.17) is 4.42 Å². The number of nitrogens with one attached hydrogen (secondary N) is 1. The zero-order valence-corrected chi connectivity index (χ0v) is 13.4. The highest BCUT2D eigenvalue weighted by atomic mass is 32.2. The van der Waals surface area contributed by atoms with Crippen molar-refractivity contribution in [1.82, 2.24) is 9.36 Å². The van der Waals surface area contributed by atoms with Gasteiger partial charge in [0.25, 0.3) is 5.91 Å². The van der Waals surface area contributed by atoms with E-state index in [0.717, 1.165) is 17.1 Å². The SMILES string of the molecule is CSc1nsc(NC(=O)c2cc(=O)c3cc(C)ccc3o2)n1. The second-order valence-corrected chi connectivity index (χ2v) is 6.04. The highest BCUT2D eigenvalue weighted by Crippen LogP contribution is 2.19. The van der Waals surface area contributed by atoms with Gasteiger partial charge >= 0.3 is 0 Å². The standard InChI is InChI=1S/C14H11N3O3S2/c1-7-3-4-10-8(5-7)9(18)6-11(20-10)12(19)15-13-16-14(21-2)17-22-13/h3-6H,1-2H3,(H,15,16,17,19). The fourth-order valence-electron chi connectivity index (χ4n) is 1.88. The quantitative estimate of drug-likeness (QED) is 0.742. The van der Waals surface area contributed by atoms with Gasteiger partial charge in [0.2, 0.25) is 10.3 Å². The van der Waals surface area contributed by atoms with Gasteiger partial charge in [-0.15, -0.1) is 0 Å². The monoisotopic (exact) mass is 333 g/mol. The number of hydrogen-bond donors (Lipinski definition) is 1. The first kappa shape index (κ1) is 14.7. The average molecular weight is 333 g/mol. The Labute approximate surface area is 133 Å². The Morgan fingerprint density at radius 1 is 1.36 bits per heavy atom. The van der Waals surface area contributed by atoms with Crippen molar-refractivity contribution in [3.63, 3.8) is 0 Å². The van der Waals surface area contributed by atoms with Crippen LogP contribution in [0.25, 0.3) is 11.0 Å². The average Bonchev–Trinajstić information content (AvgIpc) is 2.95. The van der Waals surface area contributed by atoms with Gasteiger partial charge in [-0.25, -0.2) is 0 Å². The number of aryl methyl sites for hydroxylation is 1. The summed E-state index contributed by atoms with van der Waals surface area (Å²) in [5.41, 5.74) is 1.08. The van der Waals surface area contributed by atoms with Crippen LogP contribution in [0.2, 0.25) is 0 Å². The molecule has 6 nitrogen and oxygen atoms in total. The van der Waals surface area contributed by atoms with Crippen molar-refractivity contribution in [2.45, 2.75) is 12.1 Å². The third-order valence-electron chi connectivity index (χ3n) is 2.92. The van der Waals surface area contributed by atoms with Gasteiger partial charge in [0.05, 0.1) is 5.39 Å².